The molecule has 10 nitrogen and oxygen atoms in total. The maximum Gasteiger partial charge on any atom is 0.223 e. The van der Waals surface area contributed by atoms with Crippen LogP contribution in [0.2, 0.25) is 5.02 Å². The van der Waals surface area contributed by atoms with Gasteiger partial charge in [-0.3, -0.25) is 0 Å². The van der Waals surface area contributed by atoms with Gasteiger partial charge in [-0.15, -0.1) is 0 Å². The van der Waals surface area contributed by atoms with E-state index in [4.69, 9.17) is 16.3 Å². The first-order chi connectivity index (χ1) is 18.6. The number of ether oxygens (including phenoxy) is 1. The van der Waals surface area contributed by atoms with Crippen LogP contribution in [0.1, 0.15) is 62.8 Å². The van der Waals surface area contributed by atoms with Crippen molar-refractivity contribution in [1.29, 1.82) is 0 Å². The van der Waals surface area contributed by atoms with Crippen molar-refractivity contribution >= 4 is 38.6 Å². The molecule has 0 amide bonds. The maximum absolute atomic E-state index is 15.6. The van der Waals surface area contributed by atoms with Crippen LogP contribution in [0, 0.1) is 5.82 Å². The van der Waals surface area contributed by atoms with E-state index < -0.39 is 21.9 Å². The molecule has 2 aromatic heterocycles. The number of hydrogen-bond acceptors (Lipinski definition) is 8. The molecule has 0 spiro atoms. The van der Waals surface area contributed by atoms with E-state index >= 15 is 4.39 Å². The molecule has 1 saturated carbocycles. The molecule has 2 saturated heterocycles. The smallest absolute Gasteiger partial charge is 0.223 e. The Bertz CT molecular complexity index is 1510. The molecule has 0 radical (unpaired) electrons. The van der Waals surface area contributed by atoms with E-state index in [1.54, 1.807) is 4.31 Å². The molecular weight excluding hydrogens is 547 g/mol. The Morgan fingerprint density at radius 2 is 2.05 bits per heavy atom. The number of H-pyrrole nitrogens is 1. The number of sulfonamides is 1. The number of nitrogens with zero attached hydrogens (tertiary/aromatic N) is 4. The third kappa shape index (κ3) is 5.01. The van der Waals surface area contributed by atoms with Crippen LogP contribution >= 0.6 is 11.6 Å². The second kappa shape index (κ2) is 10.2. The molecule has 6 rings (SSSR count). The Labute approximate surface area is 231 Å². The van der Waals surface area contributed by atoms with E-state index in [0.717, 1.165) is 18.4 Å². The number of aliphatic hydroxyl groups is 1. The lowest BCUT2D eigenvalue weighted by Gasteiger charge is -2.28. The first-order valence-electron chi connectivity index (χ1n) is 13.4. The first kappa shape index (κ1) is 26.8. The first-order valence-corrected chi connectivity index (χ1v) is 15.3. The van der Waals surface area contributed by atoms with Crippen LogP contribution in [-0.2, 0) is 14.8 Å². The fraction of sp³-hybridized carbons (Fsp3) is 0.577. The summed E-state index contributed by atoms with van der Waals surface area (Å²) >= 11 is 6.55. The van der Waals surface area contributed by atoms with Gasteiger partial charge in [0.15, 0.2) is 5.82 Å². The van der Waals surface area contributed by atoms with E-state index in [9.17, 15) is 13.5 Å². The third-order valence-corrected chi connectivity index (χ3v) is 10.5. The molecule has 3 fully saturated rings. The minimum absolute atomic E-state index is 0.0357. The molecule has 3 atom stereocenters. The number of aliphatic hydroxyl groups excluding tert-OH is 1. The predicted molar refractivity (Wildman–Crippen MR) is 146 cm³/mol. The van der Waals surface area contributed by atoms with Crippen molar-refractivity contribution in [2.75, 3.05) is 31.6 Å². The molecule has 39 heavy (non-hydrogen) atoms. The molecule has 1 aromatic carbocycles. The molecule has 2 aliphatic heterocycles. The second-order valence-corrected chi connectivity index (χ2v) is 13.6. The van der Waals surface area contributed by atoms with Crippen LogP contribution in [0.25, 0.3) is 22.3 Å². The van der Waals surface area contributed by atoms with E-state index in [0.29, 0.717) is 55.1 Å². The summed E-state index contributed by atoms with van der Waals surface area (Å²) in [7, 11) is -3.27. The second-order valence-electron chi connectivity index (χ2n) is 11.0. The molecule has 13 heteroatoms. The minimum Gasteiger partial charge on any atom is -0.389 e. The number of aromatic amines is 1. The average Bonchev–Trinajstić information content (AvgIpc) is 3.48. The van der Waals surface area contributed by atoms with Gasteiger partial charge in [0.25, 0.3) is 0 Å². The van der Waals surface area contributed by atoms with Gasteiger partial charge in [0, 0.05) is 31.2 Å². The molecule has 0 bridgehead atoms. The van der Waals surface area contributed by atoms with Gasteiger partial charge in [0.2, 0.25) is 16.0 Å². The lowest BCUT2D eigenvalue weighted by Crippen LogP contribution is -2.42. The van der Waals surface area contributed by atoms with Crippen LogP contribution in [0.4, 0.5) is 10.3 Å². The largest absolute Gasteiger partial charge is 0.389 e. The van der Waals surface area contributed by atoms with Gasteiger partial charge in [-0.2, -0.15) is 0 Å². The van der Waals surface area contributed by atoms with Gasteiger partial charge in [0.05, 0.1) is 46.4 Å². The maximum atomic E-state index is 15.6. The molecular formula is C26H32ClFN6O4S. The molecule has 3 N–H and O–H groups in total. The summed E-state index contributed by atoms with van der Waals surface area (Å²) < 4.78 is 47.9. The average molecular weight is 579 g/mol. The molecule has 3 aliphatic rings. The molecule has 3 aromatic rings. The highest BCUT2D eigenvalue weighted by Gasteiger charge is 2.43. The predicted octanol–water partition coefficient (Wildman–Crippen LogP) is 3.78. The number of anilines is 1. The summed E-state index contributed by atoms with van der Waals surface area (Å²) in [4.78, 5) is 16.8. The van der Waals surface area contributed by atoms with Gasteiger partial charge < -0.3 is 20.1 Å². The number of imidazole rings is 1. The SMILES string of the molecule is CC(C)c1c(-c2nc(N[C@@H]3CCOC[C@H]3O)ncc2Cl)cc(F)c2nc([C@H]3CCN(S(=O)(=O)C4CC4)C3)[nH]c12. The lowest BCUT2D eigenvalue weighted by atomic mass is 9.93. The number of rotatable bonds is 7. The topological polar surface area (TPSA) is 133 Å². The van der Waals surface area contributed by atoms with Gasteiger partial charge in [-0.1, -0.05) is 25.4 Å². The fourth-order valence-electron chi connectivity index (χ4n) is 5.60. The summed E-state index contributed by atoms with van der Waals surface area (Å²) in [6.45, 7) is 5.53. The number of hydrogen-bond donors (Lipinski definition) is 3. The number of halogens is 2. The van der Waals surface area contributed by atoms with Crippen LogP contribution in [-0.4, -0.2) is 81.5 Å². The molecule has 210 valence electrons. The van der Waals surface area contributed by atoms with Crippen LogP contribution in [0.5, 0.6) is 0 Å². The zero-order valence-electron chi connectivity index (χ0n) is 21.8. The minimum atomic E-state index is -3.27. The van der Waals surface area contributed by atoms with Crippen LogP contribution < -0.4 is 5.32 Å². The Morgan fingerprint density at radius 1 is 1.26 bits per heavy atom. The van der Waals surface area contributed by atoms with Crippen molar-refractivity contribution < 1.29 is 22.7 Å². The highest BCUT2D eigenvalue weighted by Crippen LogP contribution is 2.40. The van der Waals surface area contributed by atoms with Crippen molar-refractivity contribution in [3.8, 4) is 11.3 Å². The monoisotopic (exact) mass is 578 g/mol. The van der Waals surface area contributed by atoms with Crippen molar-refractivity contribution in [1.82, 2.24) is 24.2 Å². The summed E-state index contributed by atoms with van der Waals surface area (Å²) in [6.07, 6.45) is 3.43. The summed E-state index contributed by atoms with van der Waals surface area (Å²) in [5.41, 5.74) is 2.48. The fourth-order valence-corrected chi connectivity index (χ4v) is 7.69. The summed E-state index contributed by atoms with van der Waals surface area (Å²) in [5.74, 6) is 0.172. The number of benzene rings is 1. The highest BCUT2D eigenvalue weighted by atomic mass is 35.5. The standard InChI is InChI=1S/C26H32ClFN6O4S/c1-13(2)21-16(22-17(27)10-29-26(33-22)30-19-6-8-38-12-20(19)35)9-18(28)23-24(21)32-25(31-23)14-5-7-34(11-14)39(36,37)15-3-4-15/h9-10,13-15,19-20,35H,3-8,11-12H2,1-2H3,(H,31,32)(H,29,30,33)/t14-,19+,20+/m0/s1. The third-order valence-electron chi connectivity index (χ3n) is 7.84. The summed E-state index contributed by atoms with van der Waals surface area (Å²) in [5, 5.41) is 13.4. The zero-order chi connectivity index (χ0) is 27.5. The number of fused-ring (bicyclic) bond motifs is 1. The highest BCUT2D eigenvalue weighted by molar-refractivity contribution is 7.90. The molecule has 0 unspecified atom stereocenters. The quantitative estimate of drug-likeness (QED) is 0.386. The number of nitrogens with one attached hydrogen (secondary N) is 2. The molecule has 4 heterocycles. The van der Waals surface area contributed by atoms with E-state index in [1.165, 1.54) is 12.3 Å². The Morgan fingerprint density at radius 3 is 2.77 bits per heavy atom. The normalized spacial score (nSPS) is 24.6. The van der Waals surface area contributed by atoms with Crippen molar-refractivity contribution in [3.63, 3.8) is 0 Å². The van der Waals surface area contributed by atoms with Crippen LogP contribution in [0.15, 0.2) is 12.3 Å². The van der Waals surface area contributed by atoms with Crippen molar-refractivity contribution in [2.24, 2.45) is 0 Å². The van der Waals surface area contributed by atoms with Crippen LogP contribution in [0.3, 0.4) is 0 Å². The van der Waals surface area contributed by atoms with Gasteiger partial charge in [-0.25, -0.2) is 32.1 Å². The van der Waals surface area contributed by atoms with Crippen molar-refractivity contribution in [3.05, 3.63) is 34.5 Å². The van der Waals surface area contributed by atoms with Crippen molar-refractivity contribution in [2.45, 2.75) is 68.8 Å². The Hall–Kier alpha value is -2.38. The van der Waals surface area contributed by atoms with E-state index in [1.807, 2.05) is 13.8 Å². The summed E-state index contributed by atoms with van der Waals surface area (Å²) in [6, 6.07) is 1.13. The van der Waals surface area contributed by atoms with E-state index in [-0.39, 0.29) is 46.2 Å². The Balaban J connectivity index is 1.36. The van der Waals surface area contributed by atoms with Gasteiger partial charge in [-0.05, 0) is 43.2 Å². The lowest BCUT2D eigenvalue weighted by molar-refractivity contribution is -0.0136. The Kier molecular flexibility index (Phi) is 7.03. The van der Waals surface area contributed by atoms with E-state index in [2.05, 4.69) is 25.3 Å². The van der Waals surface area contributed by atoms with Gasteiger partial charge in [0.1, 0.15) is 11.3 Å². The zero-order valence-corrected chi connectivity index (χ0v) is 23.4. The molecule has 1 aliphatic carbocycles. The number of aromatic nitrogens is 4. The van der Waals surface area contributed by atoms with Gasteiger partial charge >= 0.3 is 0 Å².